The van der Waals surface area contributed by atoms with Gasteiger partial charge in [0.05, 0.1) is 31.5 Å². The van der Waals surface area contributed by atoms with E-state index in [4.69, 9.17) is 23.7 Å². The maximum absolute atomic E-state index is 13.0. The summed E-state index contributed by atoms with van der Waals surface area (Å²) in [5.41, 5.74) is 1.29. The SMILES string of the molecule is CCn1c(=NC(=O)c2cc(OC)c(OC)c(OC)c2)sc2cc3c(cc21)OCCO3. The maximum Gasteiger partial charge on any atom is 0.279 e. The van der Waals surface area contributed by atoms with Crippen molar-refractivity contribution in [3.63, 3.8) is 0 Å². The predicted octanol–water partition coefficient (Wildman–Crippen LogP) is 3.26. The third kappa shape index (κ3) is 3.45. The standard InChI is InChI=1S/C21H22N2O6S/c1-5-23-13-10-14-15(29-7-6-28-14)11-18(13)30-21(23)22-20(24)12-8-16(25-2)19(27-4)17(9-12)26-3/h8-11H,5-7H2,1-4H3. The van der Waals surface area contributed by atoms with Crippen molar-refractivity contribution in [1.82, 2.24) is 4.57 Å². The van der Waals surface area contributed by atoms with Crippen molar-refractivity contribution in [2.45, 2.75) is 13.5 Å². The van der Waals surface area contributed by atoms with Gasteiger partial charge >= 0.3 is 0 Å². The zero-order chi connectivity index (χ0) is 21.3. The van der Waals surface area contributed by atoms with Crippen LogP contribution >= 0.6 is 11.3 Å². The number of rotatable bonds is 5. The number of amides is 1. The molecule has 30 heavy (non-hydrogen) atoms. The van der Waals surface area contributed by atoms with Gasteiger partial charge in [0.2, 0.25) is 5.75 Å². The van der Waals surface area contributed by atoms with E-state index >= 15 is 0 Å². The fourth-order valence-corrected chi connectivity index (χ4v) is 4.46. The average Bonchev–Trinajstić information content (AvgIpc) is 3.11. The average molecular weight is 430 g/mol. The summed E-state index contributed by atoms with van der Waals surface area (Å²) in [5.74, 6) is 2.24. The third-order valence-corrected chi connectivity index (χ3v) is 5.81. The summed E-state index contributed by atoms with van der Waals surface area (Å²) >= 11 is 1.42. The summed E-state index contributed by atoms with van der Waals surface area (Å²) in [4.78, 5) is 17.9. The van der Waals surface area contributed by atoms with Crippen LogP contribution in [0.4, 0.5) is 0 Å². The Balaban J connectivity index is 1.82. The lowest BCUT2D eigenvalue weighted by Crippen LogP contribution is -2.17. The molecule has 4 rings (SSSR count). The van der Waals surface area contributed by atoms with Gasteiger partial charge in [0, 0.05) is 24.2 Å². The van der Waals surface area contributed by atoms with E-state index in [2.05, 4.69) is 4.99 Å². The number of aryl methyl sites for hydroxylation is 1. The van der Waals surface area contributed by atoms with E-state index < -0.39 is 5.91 Å². The molecule has 0 radical (unpaired) electrons. The summed E-state index contributed by atoms with van der Waals surface area (Å²) < 4.78 is 30.3. The molecule has 0 bridgehead atoms. The molecule has 2 aromatic carbocycles. The lowest BCUT2D eigenvalue weighted by molar-refractivity contribution is 0.0997. The summed E-state index contributed by atoms with van der Waals surface area (Å²) in [6.45, 7) is 3.70. The van der Waals surface area contributed by atoms with Gasteiger partial charge in [-0.3, -0.25) is 4.79 Å². The smallest absolute Gasteiger partial charge is 0.279 e. The minimum atomic E-state index is -0.403. The normalized spacial score (nSPS) is 13.4. The molecule has 0 spiro atoms. The van der Waals surface area contributed by atoms with Crippen LogP contribution in [0.15, 0.2) is 29.3 Å². The summed E-state index contributed by atoms with van der Waals surface area (Å²) in [6.07, 6.45) is 0. The minimum Gasteiger partial charge on any atom is -0.493 e. The van der Waals surface area contributed by atoms with E-state index in [1.54, 1.807) is 12.1 Å². The molecule has 1 aliphatic heterocycles. The molecule has 0 aliphatic carbocycles. The molecular weight excluding hydrogens is 408 g/mol. The Morgan fingerprint density at radius 1 is 1.03 bits per heavy atom. The second kappa shape index (κ2) is 8.27. The van der Waals surface area contributed by atoms with E-state index in [0.717, 1.165) is 10.2 Å². The van der Waals surface area contributed by atoms with Crippen LogP contribution in [-0.4, -0.2) is 45.0 Å². The van der Waals surface area contributed by atoms with Gasteiger partial charge < -0.3 is 28.3 Å². The topological polar surface area (TPSA) is 80.5 Å². The second-order valence-corrected chi connectivity index (χ2v) is 7.43. The Morgan fingerprint density at radius 2 is 1.67 bits per heavy atom. The third-order valence-electron chi connectivity index (χ3n) is 4.77. The molecule has 158 valence electrons. The number of ether oxygens (including phenoxy) is 5. The van der Waals surface area contributed by atoms with E-state index in [-0.39, 0.29) is 0 Å². The molecule has 3 aromatic rings. The van der Waals surface area contributed by atoms with Crippen LogP contribution in [0.3, 0.4) is 0 Å². The van der Waals surface area contributed by atoms with Gasteiger partial charge in [-0.05, 0) is 19.1 Å². The maximum atomic E-state index is 13.0. The van der Waals surface area contributed by atoms with Gasteiger partial charge in [0.1, 0.15) is 13.2 Å². The highest BCUT2D eigenvalue weighted by Crippen LogP contribution is 2.38. The first-order valence-electron chi connectivity index (χ1n) is 9.41. The molecule has 9 heteroatoms. The number of benzene rings is 2. The number of fused-ring (bicyclic) bond motifs is 2. The highest BCUT2D eigenvalue weighted by Gasteiger charge is 2.19. The van der Waals surface area contributed by atoms with Crippen molar-refractivity contribution in [2.24, 2.45) is 4.99 Å². The minimum absolute atomic E-state index is 0.343. The van der Waals surface area contributed by atoms with Crippen LogP contribution in [0.25, 0.3) is 10.2 Å². The van der Waals surface area contributed by atoms with Crippen LogP contribution < -0.4 is 28.5 Å². The number of thiazole rings is 1. The van der Waals surface area contributed by atoms with Crippen LogP contribution in [0.5, 0.6) is 28.7 Å². The van der Waals surface area contributed by atoms with Crippen LogP contribution in [0.2, 0.25) is 0 Å². The fourth-order valence-electron chi connectivity index (χ4n) is 3.35. The first-order valence-corrected chi connectivity index (χ1v) is 10.2. The van der Waals surface area contributed by atoms with E-state index in [1.807, 2.05) is 23.6 Å². The Hall–Kier alpha value is -3.20. The van der Waals surface area contributed by atoms with Gasteiger partial charge in [-0.1, -0.05) is 11.3 Å². The number of hydrogen-bond acceptors (Lipinski definition) is 7. The quantitative estimate of drug-likeness (QED) is 0.618. The molecule has 0 saturated carbocycles. The zero-order valence-electron chi connectivity index (χ0n) is 17.2. The highest BCUT2D eigenvalue weighted by molar-refractivity contribution is 7.16. The summed E-state index contributed by atoms with van der Waals surface area (Å²) in [7, 11) is 4.53. The molecule has 0 N–H and O–H groups in total. The van der Waals surface area contributed by atoms with Gasteiger partial charge in [0.15, 0.2) is 27.8 Å². The van der Waals surface area contributed by atoms with E-state index in [1.165, 1.54) is 32.7 Å². The summed E-state index contributed by atoms with van der Waals surface area (Å²) in [6, 6.07) is 7.06. The predicted molar refractivity (Wildman–Crippen MR) is 112 cm³/mol. The van der Waals surface area contributed by atoms with E-state index in [9.17, 15) is 4.79 Å². The van der Waals surface area contributed by atoms with Crippen LogP contribution in [-0.2, 0) is 6.54 Å². The van der Waals surface area contributed by atoms with Crippen LogP contribution in [0, 0.1) is 0 Å². The number of hydrogen-bond donors (Lipinski definition) is 0. The molecule has 0 atom stereocenters. The molecule has 2 heterocycles. The lowest BCUT2D eigenvalue weighted by Gasteiger charge is -2.18. The van der Waals surface area contributed by atoms with Gasteiger partial charge in [-0.2, -0.15) is 4.99 Å². The number of carbonyl (C=O) groups is 1. The highest BCUT2D eigenvalue weighted by atomic mass is 32.1. The molecule has 8 nitrogen and oxygen atoms in total. The Kier molecular flexibility index (Phi) is 5.54. The number of carbonyl (C=O) groups excluding carboxylic acids is 1. The first-order chi connectivity index (χ1) is 14.6. The van der Waals surface area contributed by atoms with Crippen molar-refractivity contribution >= 4 is 27.5 Å². The second-order valence-electron chi connectivity index (χ2n) is 6.42. The summed E-state index contributed by atoms with van der Waals surface area (Å²) in [5, 5.41) is 0. The van der Waals surface area contributed by atoms with E-state index in [0.29, 0.717) is 58.9 Å². The fraction of sp³-hybridized carbons (Fsp3) is 0.333. The van der Waals surface area contributed by atoms with Gasteiger partial charge in [-0.15, -0.1) is 0 Å². The van der Waals surface area contributed by atoms with Crippen molar-refractivity contribution in [3.05, 3.63) is 34.6 Å². The Bertz CT molecular complexity index is 1160. The Labute approximate surface area is 177 Å². The van der Waals surface area contributed by atoms with Crippen molar-refractivity contribution in [2.75, 3.05) is 34.5 Å². The number of nitrogens with zero attached hydrogens (tertiary/aromatic N) is 2. The first kappa shape index (κ1) is 20.1. The number of aromatic nitrogens is 1. The Morgan fingerprint density at radius 3 is 2.23 bits per heavy atom. The molecule has 0 fully saturated rings. The molecular formula is C21H22N2O6S. The lowest BCUT2D eigenvalue weighted by atomic mass is 10.1. The van der Waals surface area contributed by atoms with Crippen molar-refractivity contribution < 1.29 is 28.5 Å². The molecule has 0 unspecified atom stereocenters. The van der Waals surface area contributed by atoms with Gasteiger partial charge in [-0.25, -0.2) is 0 Å². The monoisotopic (exact) mass is 430 g/mol. The molecule has 1 aromatic heterocycles. The largest absolute Gasteiger partial charge is 0.493 e. The van der Waals surface area contributed by atoms with Gasteiger partial charge in [0.25, 0.3) is 5.91 Å². The molecule has 1 amide bonds. The number of methoxy groups -OCH3 is 3. The molecule has 1 aliphatic rings. The molecule has 0 saturated heterocycles. The van der Waals surface area contributed by atoms with Crippen molar-refractivity contribution in [1.29, 1.82) is 0 Å². The zero-order valence-corrected chi connectivity index (χ0v) is 18.0. The van der Waals surface area contributed by atoms with Crippen molar-refractivity contribution in [3.8, 4) is 28.7 Å². The van der Waals surface area contributed by atoms with Crippen LogP contribution in [0.1, 0.15) is 17.3 Å².